The van der Waals surface area contributed by atoms with Crippen LogP contribution in [0.15, 0.2) is 16.5 Å². The third-order valence-electron chi connectivity index (χ3n) is 1.76. The quantitative estimate of drug-likeness (QED) is 0.355. The molecule has 0 aromatic heterocycles. The summed E-state index contributed by atoms with van der Waals surface area (Å²) < 4.78 is 96.6. The highest BCUT2D eigenvalue weighted by molar-refractivity contribution is 7.91. The van der Waals surface area contributed by atoms with Gasteiger partial charge >= 0.3 is 15.5 Å². The average molecular weight is 306 g/mol. The lowest BCUT2D eigenvalue weighted by Gasteiger charge is -2.13. The first kappa shape index (κ1) is 15.3. The van der Waals surface area contributed by atoms with Crippen LogP contribution in [0.4, 0.5) is 26.3 Å². The highest BCUT2D eigenvalue weighted by atomic mass is 32.2. The fraction of sp³-hybridized carbons (Fsp3) is 0.125. The topological polar surface area (TPSA) is 69.6 Å². The van der Waals surface area contributed by atoms with Crippen molar-refractivity contribution in [1.29, 1.82) is 0 Å². The van der Waals surface area contributed by atoms with Crippen LogP contribution in [-0.4, -0.2) is 19.8 Å². The van der Waals surface area contributed by atoms with E-state index in [2.05, 4.69) is 0 Å². The number of hydrogen-bond donors (Lipinski definition) is 0. The molecule has 0 saturated carbocycles. The maximum atomic E-state index is 13.0. The van der Waals surface area contributed by atoms with Crippen molar-refractivity contribution in [3.05, 3.63) is 35.1 Å². The summed E-state index contributed by atoms with van der Waals surface area (Å²) in [5.41, 5.74) is -7.30. The number of alkyl halides is 3. The van der Waals surface area contributed by atoms with E-state index >= 15 is 0 Å². The van der Waals surface area contributed by atoms with Crippen molar-refractivity contribution >= 4 is 15.9 Å². The van der Waals surface area contributed by atoms with E-state index in [1.54, 1.807) is 4.40 Å². The van der Waals surface area contributed by atoms with E-state index in [1.807, 2.05) is 0 Å². The molecule has 0 spiro atoms. The molecule has 0 radical (unpaired) electrons. The van der Waals surface area contributed by atoms with E-state index in [1.165, 1.54) is 0 Å². The van der Waals surface area contributed by atoms with Crippen molar-refractivity contribution in [3.8, 4) is 0 Å². The highest BCUT2D eigenvalue weighted by Crippen LogP contribution is 2.25. The molecule has 0 atom stereocenters. The van der Waals surface area contributed by atoms with Crippen LogP contribution in [0.1, 0.15) is 5.56 Å². The van der Waals surface area contributed by atoms with Crippen LogP contribution in [0, 0.1) is 17.5 Å². The molecule has 0 bridgehead atoms. The van der Waals surface area contributed by atoms with Gasteiger partial charge in [-0.3, -0.25) is 0 Å². The second kappa shape index (κ2) is 4.72. The zero-order valence-electron chi connectivity index (χ0n) is 8.50. The lowest BCUT2D eigenvalue weighted by Crippen LogP contribution is -2.28. The van der Waals surface area contributed by atoms with Crippen LogP contribution < -0.4 is 5.11 Å². The van der Waals surface area contributed by atoms with Crippen molar-refractivity contribution in [3.63, 3.8) is 0 Å². The Kier molecular flexibility index (Phi) is 3.79. The molecule has 11 heteroatoms. The summed E-state index contributed by atoms with van der Waals surface area (Å²) >= 11 is 0. The molecule has 106 valence electrons. The van der Waals surface area contributed by atoms with Gasteiger partial charge in [0.2, 0.25) is 0 Å². The molecule has 1 aromatic rings. The molecule has 0 saturated heterocycles. The average Bonchev–Trinajstić information content (AvgIpc) is 2.23. The number of sulfonamides is 1. The second-order valence-electron chi connectivity index (χ2n) is 3.04. The minimum Gasteiger partial charge on any atom is -0.858 e. The van der Waals surface area contributed by atoms with Crippen LogP contribution >= 0.6 is 0 Å². The fourth-order valence-electron chi connectivity index (χ4n) is 0.901. The molecule has 4 nitrogen and oxygen atoms in total. The number of hydrogen-bond acceptors (Lipinski definition) is 3. The number of rotatable bonds is 2. The van der Waals surface area contributed by atoms with E-state index in [4.69, 9.17) is 0 Å². The van der Waals surface area contributed by atoms with E-state index in [9.17, 15) is 39.9 Å². The van der Waals surface area contributed by atoms with Gasteiger partial charge in [-0.25, -0.2) is 13.2 Å². The van der Waals surface area contributed by atoms with E-state index in [-0.39, 0.29) is 12.1 Å². The molecule has 0 amide bonds. The maximum absolute atomic E-state index is 13.0. The highest BCUT2D eigenvalue weighted by Gasteiger charge is 2.45. The summed E-state index contributed by atoms with van der Waals surface area (Å²) in [7, 11) is -6.19. The molecule has 0 unspecified atom stereocenters. The van der Waals surface area contributed by atoms with Crippen molar-refractivity contribution in [2.75, 3.05) is 0 Å². The summed E-state index contributed by atoms with van der Waals surface area (Å²) in [6.45, 7) is 0. The predicted octanol–water partition coefficient (Wildman–Crippen LogP) is 1.06. The summed E-state index contributed by atoms with van der Waals surface area (Å²) in [6, 6.07) is 0.507. The molecule has 0 N–H and O–H groups in total. The number of nitrogens with zero attached hydrogens (tertiary/aromatic N) is 1. The van der Waals surface area contributed by atoms with Gasteiger partial charge in [-0.05, 0) is 12.1 Å². The van der Waals surface area contributed by atoms with Crippen LogP contribution in [0.2, 0.25) is 0 Å². The Labute approximate surface area is 102 Å². The van der Waals surface area contributed by atoms with Gasteiger partial charge in [0.15, 0.2) is 17.5 Å². The van der Waals surface area contributed by atoms with Crippen LogP contribution in [0.25, 0.3) is 0 Å². The van der Waals surface area contributed by atoms with Gasteiger partial charge in [0, 0.05) is 11.5 Å². The normalized spacial score (nSPS) is 13.7. The van der Waals surface area contributed by atoms with Gasteiger partial charge in [-0.1, -0.05) is 0 Å². The van der Waals surface area contributed by atoms with Gasteiger partial charge < -0.3 is 5.11 Å². The molecule has 1 rings (SSSR count). The van der Waals surface area contributed by atoms with E-state index in [0.29, 0.717) is 0 Å². The van der Waals surface area contributed by atoms with Gasteiger partial charge in [-0.15, -0.1) is 0 Å². The summed E-state index contributed by atoms with van der Waals surface area (Å²) in [5.74, 6) is -8.17. The van der Waals surface area contributed by atoms with Crippen molar-refractivity contribution in [2.24, 2.45) is 4.40 Å². The van der Waals surface area contributed by atoms with Crippen molar-refractivity contribution < 1.29 is 39.9 Å². The first-order valence-electron chi connectivity index (χ1n) is 4.19. The largest absolute Gasteiger partial charge is 0.858 e. The minimum atomic E-state index is -6.19. The second-order valence-corrected chi connectivity index (χ2v) is 4.64. The predicted molar refractivity (Wildman–Crippen MR) is 47.8 cm³/mol. The third-order valence-corrected chi connectivity index (χ3v) is 2.75. The van der Waals surface area contributed by atoms with Gasteiger partial charge in [0.05, 0.1) is 0 Å². The standard InChI is InChI=1S/C8H3F6NO3S/c9-4-2-1-3(5(10)6(4)11)7(16)15-19(17,18)8(12,13)14/h1-2H,(H,15,16)/p-1. The molecule has 0 aliphatic rings. The molecular formula is C8H2F6NO3S-. The Bertz CT molecular complexity index is 637. The number of halogens is 6. The van der Waals surface area contributed by atoms with Gasteiger partial charge in [-0.2, -0.15) is 26.0 Å². The lowest BCUT2D eigenvalue weighted by atomic mass is 10.2. The summed E-state index contributed by atoms with van der Waals surface area (Å²) in [4.78, 5) is 0. The van der Waals surface area contributed by atoms with E-state index in [0.717, 1.165) is 0 Å². The fourth-order valence-corrected chi connectivity index (χ4v) is 1.32. The Morgan fingerprint density at radius 3 is 2.11 bits per heavy atom. The Morgan fingerprint density at radius 1 is 1.11 bits per heavy atom. The maximum Gasteiger partial charge on any atom is 0.518 e. The molecule has 0 aliphatic heterocycles. The molecule has 1 aromatic carbocycles. The summed E-state index contributed by atoms with van der Waals surface area (Å²) in [6.07, 6.45) is 0. The Balaban J connectivity index is 3.38. The Hall–Kier alpha value is -1.78. The number of benzene rings is 1. The zero-order chi connectivity index (χ0) is 15.0. The summed E-state index contributed by atoms with van der Waals surface area (Å²) in [5, 5.41) is 11.0. The SMILES string of the molecule is O=S(=O)(/N=C(\[O-])c1ccc(F)c(F)c1F)C(F)(F)F. The minimum absolute atomic E-state index is 0.237. The van der Waals surface area contributed by atoms with Crippen molar-refractivity contribution in [2.45, 2.75) is 5.51 Å². The van der Waals surface area contributed by atoms with Crippen LogP contribution in [-0.2, 0) is 10.0 Å². The molecule has 0 fully saturated rings. The van der Waals surface area contributed by atoms with Gasteiger partial charge in [0.25, 0.3) is 0 Å². The Morgan fingerprint density at radius 2 is 1.63 bits per heavy atom. The molecule has 0 aliphatic carbocycles. The first-order valence-corrected chi connectivity index (χ1v) is 5.63. The van der Waals surface area contributed by atoms with Crippen LogP contribution in [0.3, 0.4) is 0 Å². The lowest BCUT2D eigenvalue weighted by molar-refractivity contribution is -0.212. The molecule has 19 heavy (non-hydrogen) atoms. The molecular weight excluding hydrogens is 304 g/mol. The smallest absolute Gasteiger partial charge is 0.518 e. The first-order chi connectivity index (χ1) is 8.47. The van der Waals surface area contributed by atoms with Crippen LogP contribution in [0.5, 0.6) is 0 Å². The van der Waals surface area contributed by atoms with Crippen molar-refractivity contribution in [1.82, 2.24) is 0 Å². The monoisotopic (exact) mass is 306 g/mol. The van der Waals surface area contributed by atoms with E-state index < -0.39 is 44.4 Å². The third kappa shape index (κ3) is 2.97. The zero-order valence-corrected chi connectivity index (χ0v) is 9.32. The molecule has 0 heterocycles. The van der Waals surface area contributed by atoms with Gasteiger partial charge in [0.1, 0.15) is 0 Å².